The second-order valence-electron chi connectivity index (χ2n) is 5.20. The number of alkyl halides is 2. The zero-order valence-corrected chi connectivity index (χ0v) is 9.19. The summed E-state index contributed by atoms with van der Waals surface area (Å²) in [6.45, 7) is 1.59. The molecule has 1 heterocycles. The minimum absolute atomic E-state index is 0.0305. The lowest BCUT2D eigenvalue weighted by molar-refractivity contribution is -0.189. The van der Waals surface area contributed by atoms with Crippen LogP contribution in [-0.4, -0.2) is 30.1 Å². The largest absolute Gasteiger partial charge is 0.458 e. The molecule has 0 amide bonds. The molecule has 0 spiro atoms. The summed E-state index contributed by atoms with van der Waals surface area (Å²) in [6.07, 6.45) is -2.39. The first-order valence-corrected chi connectivity index (χ1v) is 5.65. The Morgan fingerprint density at radius 2 is 2.24 bits per heavy atom. The van der Waals surface area contributed by atoms with Crippen LogP contribution in [0.15, 0.2) is 0 Å². The lowest BCUT2D eigenvalue weighted by Crippen LogP contribution is -2.48. The van der Waals surface area contributed by atoms with E-state index in [1.807, 2.05) is 0 Å². The van der Waals surface area contributed by atoms with Gasteiger partial charge in [-0.2, -0.15) is 8.78 Å². The molecule has 5 unspecified atom stereocenters. The Labute approximate surface area is 96.3 Å². The Bertz CT molecular complexity index is 397. The van der Waals surface area contributed by atoms with Crippen LogP contribution in [0.2, 0.25) is 0 Å². The zero-order valence-electron chi connectivity index (χ0n) is 9.19. The van der Waals surface area contributed by atoms with Gasteiger partial charge in [-0.05, 0) is 19.8 Å². The fourth-order valence-electron chi connectivity index (χ4n) is 3.62. The van der Waals surface area contributed by atoms with Crippen molar-refractivity contribution in [3.63, 3.8) is 0 Å². The average Bonchev–Trinajstić information content (AvgIpc) is 2.83. The number of hydrogen-bond acceptors (Lipinski definition) is 4. The van der Waals surface area contributed by atoms with E-state index in [2.05, 4.69) is 0 Å². The van der Waals surface area contributed by atoms with E-state index in [1.165, 1.54) is 0 Å². The van der Waals surface area contributed by atoms with Gasteiger partial charge in [-0.1, -0.05) is 0 Å². The van der Waals surface area contributed by atoms with Gasteiger partial charge in [-0.25, -0.2) is 4.79 Å². The molecule has 1 saturated heterocycles. The highest BCUT2D eigenvalue weighted by Gasteiger charge is 2.69. The van der Waals surface area contributed by atoms with Gasteiger partial charge >= 0.3 is 18.4 Å². The topological polar surface area (TPSA) is 52.6 Å². The number of carbonyl (C=O) groups excluding carboxylic acids is 2. The molecule has 2 aliphatic carbocycles. The van der Waals surface area contributed by atoms with Crippen molar-refractivity contribution in [1.82, 2.24) is 0 Å². The third-order valence-corrected chi connectivity index (χ3v) is 4.42. The van der Waals surface area contributed by atoms with Crippen molar-refractivity contribution in [2.45, 2.75) is 37.9 Å². The number of hydrogen-bond donors (Lipinski definition) is 0. The Hall–Kier alpha value is -1.20. The first kappa shape index (κ1) is 10.9. The molecule has 5 atom stereocenters. The highest BCUT2D eigenvalue weighted by Crippen LogP contribution is 2.60. The first-order valence-electron chi connectivity index (χ1n) is 5.65. The summed E-state index contributed by atoms with van der Waals surface area (Å²) in [5, 5.41) is 0. The molecule has 0 N–H and O–H groups in total. The van der Waals surface area contributed by atoms with Crippen molar-refractivity contribution < 1.29 is 27.8 Å². The molecule has 0 aromatic heterocycles. The van der Waals surface area contributed by atoms with Crippen molar-refractivity contribution in [1.29, 1.82) is 0 Å². The number of carbonyl (C=O) groups is 2. The predicted octanol–water partition coefficient (Wildman–Crippen LogP) is 1.13. The molecular weight excluding hydrogens is 234 g/mol. The maximum Gasteiger partial charge on any atom is 0.374 e. The van der Waals surface area contributed by atoms with E-state index >= 15 is 0 Å². The molecule has 1 aliphatic heterocycles. The predicted molar refractivity (Wildman–Crippen MR) is 50.1 cm³/mol. The summed E-state index contributed by atoms with van der Waals surface area (Å²) in [7, 11) is 0. The van der Waals surface area contributed by atoms with Gasteiger partial charge in [0, 0.05) is 11.8 Å². The van der Waals surface area contributed by atoms with E-state index in [0.717, 1.165) is 0 Å². The molecule has 6 heteroatoms. The van der Waals surface area contributed by atoms with E-state index < -0.39 is 24.1 Å². The van der Waals surface area contributed by atoms with Crippen LogP contribution in [0, 0.1) is 17.8 Å². The normalized spacial score (nSPS) is 46.5. The monoisotopic (exact) mass is 246 g/mol. The SMILES string of the molecule is CC1(OC(=O)C(F)F)C2CC3C(=O)OC1C3C2. The second-order valence-corrected chi connectivity index (χ2v) is 5.20. The number of ether oxygens (including phenoxy) is 2. The number of fused-ring (bicyclic) bond motifs is 1. The highest BCUT2D eigenvalue weighted by molar-refractivity contribution is 5.78. The molecule has 4 nitrogen and oxygen atoms in total. The molecule has 0 aromatic rings. The Balaban J connectivity index is 1.85. The van der Waals surface area contributed by atoms with Crippen LogP contribution < -0.4 is 0 Å². The smallest absolute Gasteiger partial charge is 0.374 e. The highest BCUT2D eigenvalue weighted by atomic mass is 19.3. The third kappa shape index (κ3) is 1.26. The summed E-state index contributed by atoms with van der Waals surface area (Å²) in [6, 6.07) is 0. The summed E-state index contributed by atoms with van der Waals surface area (Å²) < 4.78 is 34.5. The molecule has 2 saturated carbocycles. The first-order chi connectivity index (χ1) is 7.93. The molecule has 2 bridgehead atoms. The van der Waals surface area contributed by atoms with E-state index in [-0.39, 0.29) is 23.7 Å². The van der Waals surface area contributed by atoms with E-state index in [4.69, 9.17) is 9.47 Å². The molecule has 3 aliphatic rings. The maximum atomic E-state index is 12.2. The van der Waals surface area contributed by atoms with Crippen molar-refractivity contribution in [3.8, 4) is 0 Å². The minimum Gasteiger partial charge on any atom is -0.458 e. The van der Waals surface area contributed by atoms with Crippen LogP contribution >= 0.6 is 0 Å². The fourth-order valence-corrected chi connectivity index (χ4v) is 3.62. The maximum absolute atomic E-state index is 12.2. The molecule has 94 valence electrons. The van der Waals surface area contributed by atoms with Gasteiger partial charge in [0.25, 0.3) is 0 Å². The Morgan fingerprint density at radius 3 is 2.88 bits per heavy atom. The second kappa shape index (κ2) is 3.17. The van der Waals surface area contributed by atoms with E-state index in [9.17, 15) is 18.4 Å². The van der Waals surface area contributed by atoms with Crippen LogP contribution in [0.5, 0.6) is 0 Å². The van der Waals surface area contributed by atoms with Crippen LogP contribution in [0.4, 0.5) is 8.78 Å². The van der Waals surface area contributed by atoms with Gasteiger partial charge in [0.1, 0.15) is 11.7 Å². The number of rotatable bonds is 2. The molecule has 3 fully saturated rings. The van der Waals surface area contributed by atoms with Crippen LogP contribution in [0.3, 0.4) is 0 Å². The minimum atomic E-state index is -3.14. The zero-order chi connectivity index (χ0) is 12.4. The standard InChI is InChI=1S/C11H12F2O4/c1-11(17-10(15)8(12)13)4-2-5-6(3-4)9(14)16-7(5)11/h4-8H,2-3H2,1H3. The average molecular weight is 246 g/mol. The van der Waals surface area contributed by atoms with Crippen molar-refractivity contribution in [3.05, 3.63) is 0 Å². The van der Waals surface area contributed by atoms with Crippen molar-refractivity contribution in [2.24, 2.45) is 17.8 Å². The summed E-state index contributed by atoms with van der Waals surface area (Å²) >= 11 is 0. The molecule has 0 aromatic carbocycles. The van der Waals surface area contributed by atoms with Gasteiger partial charge in [0.2, 0.25) is 0 Å². The van der Waals surface area contributed by atoms with Crippen molar-refractivity contribution >= 4 is 11.9 Å². The molecular formula is C11H12F2O4. The van der Waals surface area contributed by atoms with Gasteiger partial charge in [-0.3, -0.25) is 4.79 Å². The summed E-state index contributed by atoms with van der Waals surface area (Å²) in [4.78, 5) is 22.5. The van der Waals surface area contributed by atoms with Gasteiger partial charge in [0.05, 0.1) is 5.92 Å². The molecule has 17 heavy (non-hydrogen) atoms. The van der Waals surface area contributed by atoms with Crippen LogP contribution in [0.1, 0.15) is 19.8 Å². The quantitative estimate of drug-likeness (QED) is 0.685. The van der Waals surface area contributed by atoms with Crippen LogP contribution in [0.25, 0.3) is 0 Å². The summed E-state index contributed by atoms with van der Waals surface area (Å²) in [5.41, 5.74) is -1.07. The van der Waals surface area contributed by atoms with Crippen molar-refractivity contribution in [2.75, 3.05) is 0 Å². The lowest BCUT2D eigenvalue weighted by Gasteiger charge is -2.36. The van der Waals surface area contributed by atoms with Gasteiger partial charge < -0.3 is 9.47 Å². The number of halogens is 2. The Kier molecular flexibility index (Phi) is 2.04. The molecule has 3 rings (SSSR count). The fraction of sp³-hybridized carbons (Fsp3) is 0.818. The van der Waals surface area contributed by atoms with E-state index in [0.29, 0.717) is 12.8 Å². The van der Waals surface area contributed by atoms with E-state index in [1.54, 1.807) is 6.92 Å². The Morgan fingerprint density at radius 1 is 1.53 bits per heavy atom. The number of esters is 2. The van der Waals surface area contributed by atoms with Gasteiger partial charge in [-0.15, -0.1) is 0 Å². The van der Waals surface area contributed by atoms with Gasteiger partial charge in [0.15, 0.2) is 0 Å². The summed E-state index contributed by atoms with van der Waals surface area (Å²) in [5.74, 6) is -1.94. The third-order valence-electron chi connectivity index (χ3n) is 4.42. The van der Waals surface area contributed by atoms with Crippen LogP contribution in [-0.2, 0) is 19.1 Å². The molecule has 0 radical (unpaired) electrons. The lowest BCUT2D eigenvalue weighted by atomic mass is 9.80.